The SMILES string of the molecule is Cc1csc(CNc2ccnc3cc(N)ccc23)n1. The summed E-state index contributed by atoms with van der Waals surface area (Å²) in [6.07, 6.45) is 1.79. The highest BCUT2D eigenvalue weighted by Crippen LogP contribution is 2.24. The second kappa shape index (κ2) is 4.85. The number of aromatic nitrogens is 2. The third-order valence-corrected chi connectivity index (χ3v) is 3.83. The fraction of sp³-hybridized carbons (Fsp3) is 0.143. The van der Waals surface area contributed by atoms with Gasteiger partial charge in [-0.15, -0.1) is 11.3 Å². The number of thiazole rings is 1. The van der Waals surface area contributed by atoms with Gasteiger partial charge in [-0.1, -0.05) is 0 Å². The molecule has 0 unspecified atom stereocenters. The Morgan fingerprint density at radius 1 is 1.32 bits per heavy atom. The van der Waals surface area contributed by atoms with E-state index in [4.69, 9.17) is 5.73 Å². The number of aryl methyl sites for hydroxylation is 1. The van der Waals surface area contributed by atoms with Gasteiger partial charge in [0.25, 0.3) is 0 Å². The topological polar surface area (TPSA) is 63.8 Å². The van der Waals surface area contributed by atoms with E-state index in [-0.39, 0.29) is 0 Å². The molecule has 0 saturated carbocycles. The van der Waals surface area contributed by atoms with Crippen molar-refractivity contribution in [3.8, 4) is 0 Å². The first-order valence-corrected chi connectivity index (χ1v) is 6.89. The highest BCUT2D eigenvalue weighted by molar-refractivity contribution is 7.09. The third kappa shape index (κ3) is 2.51. The van der Waals surface area contributed by atoms with E-state index in [0.29, 0.717) is 0 Å². The van der Waals surface area contributed by atoms with Gasteiger partial charge in [0.15, 0.2) is 0 Å². The van der Waals surface area contributed by atoms with Crippen LogP contribution in [-0.4, -0.2) is 9.97 Å². The van der Waals surface area contributed by atoms with E-state index in [1.54, 1.807) is 17.5 Å². The predicted molar refractivity (Wildman–Crippen MR) is 80.3 cm³/mol. The number of nitrogens with one attached hydrogen (secondary N) is 1. The lowest BCUT2D eigenvalue weighted by atomic mass is 10.1. The minimum absolute atomic E-state index is 0.724. The van der Waals surface area contributed by atoms with Gasteiger partial charge in [0.05, 0.1) is 12.1 Å². The Morgan fingerprint density at radius 2 is 2.21 bits per heavy atom. The van der Waals surface area contributed by atoms with Gasteiger partial charge in [0.2, 0.25) is 0 Å². The lowest BCUT2D eigenvalue weighted by Gasteiger charge is -2.08. The van der Waals surface area contributed by atoms with Crippen molar-refractivity contribution in [1.82, 2.24) is 9.97 Å². The zero-order valence-corrected chi connectivity index (χ0v) is 11.4. The molecule has 3 rings (SSSR count). The number of nitrogens with two attached hydrogens (primary N) is 1. The van der Waals surface area contributed by atoms with E-state index in [2.05, 4.69) is 20.7 Å². The fourth-order valence-electron chi connectivity index (χ4n) is 1.97. The number of hydrogen-bond acceptors (Lipinski definition) is 5. The highest BCUT2D eigenvalue weighted by Gasteiger charge is 2.03. The summed E-state index contributed by atoms with van der Waals surface area (Å²) >= 11 is 1.67. The van der Waals surface area contributed by atoms with Crippen LogP contribution in [0.4, 0.5) is 11.4 Å². The maximum atomic E-state index is 5.77. The molecule has 96 valence electrons. The summed E-state index contributed by atoms with van der Waals surface area (Å²) in [5.41, 5.74) is 9.52. The van der Waals surface area contributed by atoms with E-state index in [9.17, 15) is 0 Å². The van der Waals surface area contributed by atoms with Gasteiger partial charge in [0.1, 0.15) is 5.01 Å². The van der Waals surface area contributed by atoms with Crippen LogP contribution in [0.5, 0.6) is 0 Å². The minimum atomic E-state index is 0.724. The Kier molecular flexibility index (Phi) is 3.05. The van der Waals surface area contributed by atoms with Crippen LogP contribution in [0, 0.1) is 6.92 Å². The van der Waals surface area contributed by atoms with Crippen LogP contribution in [0.1, 0.15) is 10.7 Å². The van der Waals surface area contributed by atoms with E-state index in [1.165, 1.54) is 0 Å². The number of benzene rings is 1. The van der Waals surface area contributed by atoms with Crippen molar-refractivity contribution in [1.29, 1.82) is 0 Å². The third-order valence-electron chi connectivity index (χ3n) is 2.86. The van der Waals surface area contributed by atoms with E-state index >= 15 is 0 Å². The van der Waals surface area contributed by atoms with Crippen molar-refractivity contribution in [2.24, 2.45) is 0 Å². The zero-order valence-electron chi connectivity index (χ0n) is 10.6. The number of anilines is 2. The molecule has 0 aliphatic heterocycles. The summed E-state index contributed by atoms with van der Waals surface area (Å²) in [6.45, 7) is 2.73. The maximum absolute atomic E-state index is 5.77. The second-order valence-corrected chi connectivity index (χ2v) is 5.31. The number of rotatable bonds is 3. The zero-order chi connectivity index (χ0) is 13.2. The van der Waals surface area contributed by atoms with Crippen LogP contribution < -0.4 is 11.1 Å². The molecule has 1 aromatic carbocycles. The molecule has 0 aliphatic carbocycles. The van der Waals surface area contributed by atoms with Crippen molar-refractivity contribution in [2.75, 3.05) is 11.1 Å². The molecule has 0 amide bonds. The van der Waals surface area contributed by atoms with E-state index < -0.39 is 0 Å². The summed E-state index contributed by atoms with van der Waals surface area (Å²) in [7, 11) is 0. The molecule has 5 heteroatoms. The summed E-state index contributed by atoms with van der Waals surface area (Å²) in [4.78, 5) is 8.77. The molecule has 0 saturated heterocycles. The van der Waals surface area contributed by atoms with Gasteiger partial charge in [-0.25, -0.2) is 4.98 Å². The quantitative estimate of drug-likeness (QED) is 0.717. The molecule has 3 aromatic rings. The number of nitrogens with zero attached hydrogens (tertiary/aromatic N) is 2. The first-order chi connectivity index (χ1) is 9.22. The van der Waals surface area contributed by atoms with Crippen LogP contribution in [0.3, 0.4) is 0 Å². The van der Waals surface area contributed by atoms with Crippen LogP contribution >= 0.6 is 11.3 Å². The Bertz CT molecular complexity index is 720. The first kappa shape index (κ1) is 11.9. The summed E-state index contributed by atoms with van der Waals surface area (Å²) in [5, 5.41) is 7.62. The van der Waals surface area contributed by atoms with Gasteiger partial charge in [-0.05, 0) is 31.2 Å². The molecule has 0 radical (unpaired) electrons. The largest absolute Gasteiger partial charge is 0.399 e. The maximum Gasteiger partial charge on any atom is 0.112 e. The molecule has 0 bridgehead atoms. The number of pyridine rings is 1. The average molecular weight is 270 g/mol. The molecule has 2 heterocycles. The molecule has 3 N–H and O–H groups in total. The summed E-state index contributed by atoms with van der Waals surface area (Å²) in [5.74, 6) is 0. The molecular formula is C14H14N4S. The van der Waals surface area contributed by atoms with Gasteiger partial charge in [-0.2, -0.15) is 0 Å². The lowest BCUT2D eigenvalue weighted by molar-refractivity contribution is 1.08. The standard InChI is InChI=1S/C14H14N4S/c1-9-8-19-14(18-9)7-17-12-4-5-16-13-6-10(15)2-3-11(12)13/h2-6,8H,7,15H2,1H3,(H,16,17). The fourth-order valence-corrected chi connectivity index (χ4v) is 2.69. The Balaban J connectivity index is 1.88. The highest BCUT2D eigenvalue weighted by atomic mass is 32.1. The number of hydrogen-bond donors (Lipinski definition) is 2. The summed E-state index contributed by atoms with van der Waals surface area (Å²) in [6, 6.07) is 7.74. The Morgan fingerprint density at radius 3 is 3.00 bits per heavy atom. The average Bonchev–Trinajstić information content (AvgIpc) is 2.81. The van der Waals surface area contributed by atoms with Crippen molar-refractivity contribution in [2.45, 2.75) is 13.5 Å². The Labute approximate surface area is 115 Å². The molecule has 0 aliphatic rings. The van der Waals surface area contributed by atoms with Gasteiger partial charge in [0, 0.05) is 34.0 Å². The van der Waals surface area contributed by atoms with Crippen molar-refractivity contribution in [3.05, 3.63) is 46.5 Å². The molecule has 0 spiro atoms. The first-order valence-electron chi connectivity index (χ1n) is 6.01. The number of fused-ring (bicyclic) bond motifs is 1. The smallest absolute Gasteiger partial charge is 0.112 e. The minimum Gasteiger partial charge on any atom is -0.399 e. The van der Waals surface area contributed by atoms with Crippen LogP contribution in [0.15, 0.2) is 35.8 Å². The molecule has 0 atom stereocenters. The monoisotopic (exact) mass is 270 g/mol. The molecular weight excluding hydrogens is 256 g/mol. The molecule has 19 heavy (non-hydrogen) atoms. The lowest BCUT2D eigenvalue weighted by Crippen LogP contribution is -2.00. The van der Waals surface area contributed by atoms with Crippen LogP contribution in [0.2, 0.25) is 0 Å². The number of nitrogen functional groups attached to an aromatic ring is 1. The van der Waals surface area contributed by atoms with Crippen LogP contribution in [-0.2, 0) is 6.54 Å². The van der Waals surface area contributed by atoms with E-state index in [0.717, 1.165) is 39.5 Å². The van der Waals surface area contributed by atoms with E-state index in [1.807, 2.05) is 31.2 Å². The van der Waals surface area contributed by atoms with Crippen molar-refractivity contribution in [3.63, 3.8) is 0 Å². The Hall–Kier alpha value is -2.14. The van der Waals surface area contributed by atoms with Gasteiger partial charge < -0.3 is 11.1 Å². The second-order valence-electron chi connectivity index (χ2n) is 4.37. The molecule has 0 fully saturated rings. The van der Waals surface area contributed by atoms with Crippen molar-refractivity contribution >= 4 is 33.6 Å². The summed E-state index contributed by atoms with van der Waals surface area (Å²) < 4.78 is 0. The normalized spacial score (nSPS) is 10.8. The van der Waals surface area contributed by atoms with Gasteiger partial charge in [-0.3, -0.25) is 4.98 Å². The molecule has 2 aromatic heterocycles. The predicted octanol–water partition coefficient (Wildman–Crippen LogP) is 3.19. The molecule has 4 nitrogen and oxygen atoms in total. The van der Waals surface area contributed by atoms with Crippen LogP contribution in [0.25, 0.3) is 10.9 Å². The van der Waals surface area contributed by atoms with Crippen molar-refractivity contribution < 1.29 is 0 Å². The van der Waals surface area contributed by atoms with Gasteiger partial charge >= 0.3 is 0 Å².